The van der Waals surface area contributed by atoms with Crippen LogP contribution >= 0.6 is 0 Å². The molecule has 1 saturated heterocycles. The molecule has 1 unspecified atom stereocenters. The predicted octanol–water partition coefficient (Wildman–Crippen LogP) is 2.67. The summed E-state index contributed by atoms with van der Waals surface area (Å²) in [5.41, 5.74) is 5.14. The van der Waals surface area contributed by atoms with Gasteiger partial charge in [-0.2, -0.15) is 0 Å². The van der Waals surface area contributed by atoms with Crippen molar-refractivity contribution in [3.63, 3.8) is 0 Å². The minimum Gasteiger partial charge on any atom is -0.355 e. The van der Waals surface area contributed by atoms with Crippen molar-refractivity contribution < 1.29 is 14.0 Å². The van der Waals surface area contributed by atoms with Crippen molar-refractivity contribution >= 4 is 28.4 Å². The van der Waals surface area contributed by atoms with Crippen LogP contribution in [0.15, 0.2) is 18.5 Å². The molecule has 0 spiro atoms. The van der Waals surface area contributed by atoms with Gasteiger partial charge in [0.05, 0.1) is 17.4 Å². The number of Topliss-reactive ketones (excluding diaryl/α,β-unsaturated/α-hetero) is 1. The molecule has 0 saturated carbocycles. The summed E-state index contributed by atoms with van der Waals surface area (Å²) in [5.74, 6) is -0.231. The second kappa shape index (κ2) is 8.47. The summed E-state index contributed by atoms with van der Waals surface area (Å²) in [7, 11) is 1.58. The third kappa shape index (κ3) is 4.44. The number of nitrogens with zero attached hydrogens (tertiary/aromatic N) is 2. The van der Waals surface area contributed by atoms with Crippen LogP contribution in [0, 0.1) is 5.92 Å². The van der Waals surface area contributed by atoms with E-state index in [-0.39, 0.29) is 30.4 Å². The molecule has 0 radical (unpaired) electrons. The average Bonchev–Trinajstić information content (AvgIpc) is 3.15. The molecule has 0 aromatic carbocycles. The standard InChI is InChI=1S/C19H26FN5O2/c1-12(20)5-6-16(26)13-4-3-9-25(11-13)24-17-14-7-8-22-18(14)23-10-15(17)19(27)21-2/h7-8,10,12-13H,3-6,9,11H2,1-2H3,(H,21,27)(H2,22,23,24)/t12?,13-/m0/s1. The Morgan fingerprint density at radius 1 is 1.48 bits per heavy atom. The van der Waals surface area contributed by atoms with E-state index in [9.17, 15) is 14.0 Å². The van der Waals surface area contributed by atoms with Gasteiger partial charge in [-0.3, -0.25) is 9.59 Å². The highest BCUT2D eigenvalue weighted by atomic mass is 19.1. The Morgan fingerprint density at radius 3 is 3.04 bits per heavy atom. The van der Waals surface area contributed by atoms with Gasteiger partial charge in [0.15, 0.2) is 0 Å². The number of carbonyl (C=O) groups excluding carboxylic acids is 2. The van der Waals surface area contributed by atoms with Crippen molar-refractivity contribution in [1.29, 1.82) is 0 Å². The van der Waals surface area contributed by atoms with E-state index in [4.69, 9.17) is 0 Å². The fourth-order valence-corrected chi connectivity index (χ4v) is 3.48. The van der Waals surface area contributed by atoms with Crippen molar-refractivity contribution in [1.82, 2.24) is 20.3 Å². The summed E-state index contributed by atoms with van der Waals surface area (Å²) in [4.78, 5) is 32.0. The summed E-state index contributed by atoms with van der Waals surface area (Å²) >= 11 is 0. The van der Waals surface area contributed by atoms with Crippen molar-refractivity contribution in [3.05, 3.63) is 24.0 Å². The molecule has 1 fully saturated rings. The van der Waals surface area contributed by atoms with Crippen LogP contribution in [-0.2, 0) is 4.79 Å². The number of hydrogen-bond acceptors (Lipinski definition) is 5. The first-order valence-corrected chi connectivity index (χ1v) is 9.36. The zero-order chi connectivity index (χ0) is 19.4. The van der Waals surface area contributed by atoms with Gasteiger partial charge in [-0.1, -0.05) is 0 Å². The summed E-state index contributed by atoms with van der Waals surface area (Å²) in [6.07, 6.45) is 4.59. The van der Waals surface area contributed by atoms with Gasteiger partial charge in [-0.25, -0.2) is 14.4 Å². The molecule has 0 aliphatic carbocycles. The lowest BCUT2D eigenvalue weighted by Gasteiger charge is -2.33. The lowest BCUT2D eigenvalue weighted by Crippen LogP contribution is -2.42. The van der Waals surface area contributed by atoms with Crippen LogP contribution in [0.2, 0.25) is 0 Å². The zero-order valence-corrected chi connectivity index (χ0v) is 15.7. The van der Waals surface area contributed by atoms with Crippen molar-refractivity contribution in [2.24, 2.45) is 5.92 Å². The SMILES string of the molecule is CNC(=O)c1cnc2[nH]ccc2c1NN1CCC[C@H](C(=O)CCC(C)F)C1. The molecule has 1 aliphatic heterocycles. The van der Waals surface area contributed by atoms with E-state index >= 15 is 0 Å². The molecule has 0 bridgehead atoms. The highest BCUT2D eigenvalue weighted by Crippen LogP contribution is 2.28. The Balaban J connectivity index is 1.77. The molecule has 2 aromatic rings. The number of pyridine rings is 1. The molecule has 3 rings (SSSR count). The number of ketones is 1. The van der Waals surface area contributed by atoms with Gasteiger partial charge in [0.25, 0.3) is 5.91 Å². The normalized spacial score (nSPS) is 19.0. The minimum atomic E-state index is -0.958. The van der Waals surface area contributed by atoms with Crippen LogP contribution in [0.1, 0.15) is 43.0 Å². The number of rotatable bonds is 7. The molecule has 1 amide bonds. The predicted molar refractivity (Wildman–Crippen MR) is 102 cm³/mol. The number of piperidine rings is 1. The maximum absolute atomic E-state index is 13.0. The number of alkyl halides is 1. The second-order valence-corrected chi connectivity index (χ2v) is 7.05. The fraction of sp³-hybridized carbons (Fsp3) is 0.526. The lowest BCUT2D eigenvalue weighted by atomic mass is 9.92. The molecular weight excluding hydrogens is 349 g/mol. The van der Waals surface area contributed by atoms with Crippen LogP contribution in [-0.4, -0.2) is 53.0 Å². The molecule has 27 heavy (non-hydrogen) atoms. The number of hydrogen-bond donors (Lipinski definition) is 3. The number of H-pyrrole nitrogens is 1. The first-order chi connectivity index (χ1) is 13.0. The van der Waals surface area contributed by atoms with Crippen LogP contribution in [0.4, 0.5) is 10.1 Å². The molecule has 1 aliphatic rings. The number of aromatic amines is 1. The molecule has 146 valence electrons. The highest BCUT2D eigenvalue weighted by Gasteiger charge is 2.27. The molecular formula is C19H26FN5O2. The van der Waals surface area contributed by atoms with Gasteiger partial charge in [-0.05, 0) is 32.3 Å². The monoisotopic (exact) mass is 375 g/mol. The Hall–Kier alpha value is -2.48. The number of anilines is 1. The number of carbonyl (C=O) groups is 2. The Labute approximate surface area is 157 Å². The first kappa shape index (κ1) is 19.3. The maximum atomic E-state index is 13.0. The van der Waals surface area contributed by atoms with E-state index in [2.05, 4.69) is 20.7 Å². The second-order valence-electron chi connectivity index (χ2n) is 7.05. The van der Waals surface area contributed by atoms with E-state index in [1.807, 2.05) is 11.1 Å². The first-order valence-electron chi connectivity index (χ1n) is 9.36. The van der Waals surface area contributed by atoms with E-state index < -0.39 is 6.17 Å². The van der Waals surface area contributed by atoms with E-state index in [1.54, 1.807) is 13.2 Å². The van der Waals surface area contributed by atoms with Crippen molar-refractivity contribution in [2.45, 2.75) is 38.8 Å². The molecule has 3 N–H and O–H groups in total. The molecule has 8 heteroatoms. The van der Waals surface area contributed by atoms with Crippen LogP contribution in [0.25, 0.3) is 11.0 Å². The van der Waals surface area contributed by atoms with Crippen LogP contribution < -0.4 is 10.7 Å². The smallest absolute Gasteiger partial charge is 0.254 e. The summed E-state index contributed by atoms with van der Waals surface area (Å²) < 4.78 is 13.0. The lowest BCUT2D eigenvalue weighted by molar-refractivity contribution is -0.124. The average molecular weight is 375 g/mol. The number of amides is 1. The number of aromatic nitrogens is 2. The number of halogens is 1. The number of hydrazine groups is 1. The molecule has 2 aromatic heterocycles. The van der Waals surface area contributed by atoms with Crippen molar-refractivity contribution in [3.8, 4) is 0 Å². The van der Waals surface area contributed by atoms with Gasteiger partial charge in [-0.15, -0.1) is 0 Å². The summed E-state index contributed by atoms with van der Waals surface area (Å²) in [5, 5.41) is 5.42. The van der Waals surface area contributed by atoms with Gasteiger partial charge < -0.3 is 15.7 Å². The van der Waals surface area contributed by atoms with Gasteiger partial charge in [0.1, 0.15) is 11.4 Å². The largest absolute Gasteiger partial charge is 0.355 e. The van der Waals surface area contributed by atoms with Crippen LogP contribution in [0.5, 0.6) is 0 Å². The quantitative estimate of drug-likeness (QED) is 0.692. The third-order valence-electron chi connectivity index (χ3n) is 4.99. The van der Waals surface area contributed by atoms with Gasteiger partial charge in [0.2, 0.25) is 0 Å². The molecule has 2 atom stereocenters. The molecule has 7 nitrogen and oxygen atoms in total. The summed E-state index contributed by atoms with van der Waals surface area (Å²) in [6.45, 7) is 2.79. The topological polar surface area (TPSA) is 90.1 Å². The maximum Gasteiger partial charge on any atom is 0.254 e. The minimum absolute atomic E-state index is 0.110. The molecule has 3 heterocycles. The van der Waals surface area contributed by atoms with Crippen molar-refractivity contribution in [2.75, 3.05) is 25.6 Å². The number of fused-ring (bicyclic) bond motifs is 1. The third-order valence-corrected chi connectivity index (χ3v) is 4.99. The van der Waals surface area contributed by atoms with E-state index in [1.165, 1.54) is 13.1 Å². The zero-order valence-electron chi connectivity index (χ0n) is 15.7. The fourth-order valence-electron chi connectivity index (χ4n) is 3.48. The number of nitrogens with one attached hydrogen (secondary N) is 3. The van der Waals surface area contributed by atoms with E-state index in [0.717, 1.165) is 24.8 Å². The Bertz CT molecular complexity index is 820. The van der Waals surface area contributed by atoms with Crippen LogP contribution in [0.3, 0.4) is 0 Å². The Morgan fingerprint density at radius 2 is 2.30 bits per heavy atom. The summed E-state index contributed by atoms with van der Waals surface area (Å²) in [6, 6.07) is 1.87. The highest BCUT2D eigenvalue weighted by molar-refractivity contribution is 6.06. The Kier molecular flexibility index (Phi) is 6.05. The van der Waals surface area contributed by atoms with Gasteiger partial charge >= 0.3 is 0 Å². The van der Waals surface area contributed by atoms with Gasteiger partial charge in [0, 0.05) is 50.3 Å². The van der Waals surface area contributed by atoms with E-state index in [0.29, 0.717) is 23.4 Å².